The first kappa shape index (κ1) is 13.2. The number of hydrogen-bond acceptors (Lipinski definition) is 3. The molecule has 1 heterocycles. The molecule has 0 radical (unpaired) electrons. The standard InChI is InChI=1S/C16H15N3O2/c1-19-15(13(9-18-19)16(20)21)10-17-14-8-4-6-11-5-2-3-7-12(11)14/h2-9,17H,10H2,1H3,(H,20,21). The Balaban J connectivity index is 1.91. The number of nitrogens with one attached hydrogen (secondary N) is 1. The predicted molar refractivity (Wildman–Crippen MR) is 81.4 cm³/mol. The molecule has 5 heteroatoms. The first-order valence-corrected chi connectivity index (χ1v) is 6.62. The van der Waals surface area contributed by atoms with Crippen LogP contribution in [0.1, 0.15) is 16.1 Å². The Kier molecular flexibility index (Phi) is 3.31. The second-order valence-corrected chi connectivity index (χ2v) is 4.81. The maximum Gasteiger partial charge on any atom is 0.339 e. The number of carbonyl (C=O) groups is 1. The van der Waals surface area contributed by atoms with E-state index in [-0.39, 0.29) is 5.56 Å². The van der Waals surface area contributed by atoms with E-state index in [9.17, 15) is 4.79 Å². The zero-order valence-corrected chi connectivity index (χ0v) is 11.6. The highest BCUT2D eigenvalue weighted by Gasteiger charge is 2.14. The van der Waals surface area contributed by atoms with Crippen LogP contribution in [0.3, 0.4) is 0 Å². The molecular formula is C16H15N3O2. The molecule has 0 saturated carbocycles. The molecule has 0 saturated heterocycles. The number of aromatic carboxylic acids is 1. The predicted octanol–water partition coefficient (Wildman–Crippen LogP) is 2.88. The number of fused-ring (bicyclic) bond motifs is 1. The summed E-state index contributed by atoms with van der Waals surface area (Å²) in [6.07, 6.45) is 1.38. The molecule has 0 aliphatic heterocycles. The van der Waals surface area contributed by atoms with E-state index in [0.717, 1.165) is 16.5 Å². The number of hydrogen-bond donors (Lipinski definition) is 2. The quantitative estimate of drug-likeness (QED) is 0.771. The van der Waals surface area contributed by atoms with Gasteiger partial charge in [-0.25, -0.2) is 4.79 Å². The summed E-state index contributed by atoms with van der Waals surface area (Å²) in [6, 6.07) is 14.1. The van der Waals surface area contributed by atoms with E-state index in [1.165, 1.54) is 6.20 Å². The van der Waals surface area contributed by atoms with Gasteiger partial charge in [0.2, 0.25) is 0 Å². The SMILES string of the molecule is Cn1ncc(C(=O)O)c1CNc1cccc2ccccc12. The van der Waals surface area contributed by atoms with Crippen LogP contribution in [0.5, 0.6) is 0 Å². The minimum absolute atomic E-state index is 0.227. The zero-order chi connectivity index (χ0) is 14.8. The van der Waals surface area contributed by atoms with Gasteiger partial charge in [0, 0.05) is 18.1 Å². The highest BCUT2D eigenvalue weighted by atomic mass is 16.4. The van der Waals surface area contributed by atoms with Crippen LogP contribution >= 0.6 is 0 Å². The van der Waals surface area contributed by atoms with Gasteiger partial charge >= 0.3 is 5.97 Å². The molecule has 0 spiro atoms. The molecule has 0 fully saturated rings. The van der Waals surface area contributed by atoms with Crippen LogP contribution in [0.15, 0.2) is 48.7 Å². The van der Waals surface area contributed by atoms with Gasteiger partial charge in [0.05, 0.1) is 18.4 Å². The molecule has 0 aliphatic rings. The number of rotatable bonds is 4. The van der Waals surface area contributed by atoms with E-state index in [0.29, 0.717) is 12.2 Å². The fourth-order valence-corrected chi connectivity index (χ4v) is 2.41. The van der Waals surface area contributed by atoms with Gasteiger partial charge in [-0.3, -0.25) is 4.68 Å². The lowest BCUT2D eigenvalue weighted by Crippen LogP contribution is -2.10. The van der Waals surface area contributed by atoms with Crippen LogP contribution in [0.4, 0.5) is 5.69 Å². The van der Waals surface area contributed by atoms with Crippen molar-refractivity contribution in [3.05, 3.63) is 59.9 Å². The zero-order valence-electron chi connectivity index (χ0n) is 11.6. The molecule has 0 unspecified atom stereocenters. The summed E-state index contributed by atoms with van der Waals surface area (Å²) in [4.78, 5) is 11.2. The third kappa shape index (κ3) is 2.45. The van der Waals surface area contributed by atoms with E-state index in [1.54, 1.807) is 11.7 Å². The molecular weight excluding hydrogens is 266 g/mol. The lowest BCUT2D eigenvalue weighted by Gasteiger charge is -2.10. The van der Waals surface area contributed by atoms with E-state index in [4.69, 9.17) is 5.11 Å². The van der Waals surface area contributed by atoms with Gasteiger partial charge in [-0.2, -0.15) is 5.10 Å². The highest BCUT2D eigenvalue weighted by molar-refractivity contribution is 5.94. The summed E-state index contributed by atoms with van der Waals surface area (Å²) in [5.74, 6) is -0.960. The van der Waals surface area contributed by atoms with Crippen molar-refractivity contribution in [2.24, 2.45) is 7.05 Å². The smallest absolute Gasteiger partial charge is 0.339 e. The van der Waals surface area contributed by atoms with Crippen molar-refractivity contribution in [2.45, 2.75) is 6.54 Å². The Morgan fingerprint density at radius 3 is 2.81 bits per heavy atom. The summed E-state index contributed by atoms with van der Waals surface area (Å²) in [6.45, 7) is 0.409. The van der Waals surface area contributed by atoms with E-state index < -0.39 is 5.97 Å². The first-order valence-electron chi connectivity index (χ1n) is 6.62. The lowest BCUT2D eigenvalue weighted by atomic mass is 10.1. The van der Waals surface area contributed by atoms with E-state index >= 15 is 0 Å². The normalized spacial score (nSPS) is 10.7. The maximum absolute atomic E-state index is 11.2. The van der Waals surface area contributed by atoms with Gasteiger partial charge < -0.3 is 10.4 Å². The van der Waals surface area contributed by atoms with Crippen molar-refractivity contribution in [3.8, 4) is 0 Å². The van der Waals surface area contributed by atoms with Crippen molar-refractivity contribution in [1.82, 2.24) is 9.78 Å². The van der Waals surface area contributed by atoms with Crippen LogP contribution in [0.2, 0.25) is 0 Å². The van der Waals surface area contributed by atoms with Crippen LogP contribution < -0.4 is 5.32 Å². The van der Waals surface area contributed by atoms with Gasteiger partial charge in [-0.1, -0.05) is 36.4 Å². The van der Waals surface area contributed by atoms with Gasteiger partial charge in [-0.05, 0) is 11.5 Å². The fourth-order valence-electron chi connectivity index (χ4n) is 2.41. The van der Waals surface area contributed by atoms with Gasteiger partial charge in [0.15, 0.2) is 0 Å². The van der Waals surface area contributed by atoms with Gasteiger partial charge in [-0.15, -0.1) is 0 Å². The summed E-state index contributed by atoms with van der Waals surface area (Å²) >= 11 is 0. The molecule has 2 N–H and O–H groups in total. The molecule has 106 valence electrons. The molecule has 21 heavy (non-hydrogen) atoms. The minimum Gasteiger partial charge on any atom is -0.478 e. The number of carboxylic acid groups (broad SMARTS) is 1. The van der Waals surface area contributed by atoms with Crippen molar-refractivity contribution in [3.63, 3.8) is 0 Å². The minimum atomic E-state index is -0.960. The van der Waals surface area contributed by atoms with Crippen molar-refractivity contribution in [1.29, 1.82) is 0 Å². The Morgan fingerprint density at radius 1 is 1.24 bits per heavy atom. The second-order valence-electron chi connectivity index (χ2n) is 4.81. The molecule has 0 amide bonds. The fraction of sp³-hybridized carbons (Fsp3) is 0.125. The summed E-state index contributed by atoms with van der Waals surface area (Å²) in [5, 5.41) is 18.7. The number of aryl methyl sites for hydroxylation is 1. The number of anilines is 1. The summed E-state index contributed by atoms with van der Waals surface area (Å²) in [5.41, 5.74) is 1.85. The van der Waals surface area contributed by atoms with Crippen LogP contribution in [0.25, 0.3) is 10.8 Å². The Hall–Kier alpha value is -2.82. The number of aromatic nitrogens is 2. The van der Waals surface area contributed by atoms with Crippen LogP contribution in [0, 0.1) is 0 Å². The monoisotopic (exact) mass is 281 g/mol. The van der Waals surface area contributed by atoms with Gasteiger partial charge in [0.1, 0.15) is 5.56 Å². The molecule has 1 aromatic heterocycles. The van der Waals surface area contributed by atoms with Crippen molar-refractivity contribution < 1.29 is 9.90 Å². The Bertz CT molecular complexity index is 803. The molecule has 3 aromatic rings. The molecule has 0 atom stereocenters. The molecule has 5 nitrogen and oxygen atoms in total. The summed E-state index contributed by atoms with van der Waals surface area (Å²) in [7, 11) is 1.74. The molecule has 0 aliphatic carbocycles. The van der Waals surface area contributed by atoms with Crippen LogP contribution in [-0.4, -0.2) is 20.9 Å². The molecule has 3 rings (SSSR count). The van der Waals surface area contributed by atoms with E-state index in [2.05, 4.69) is 10.4 Å². The average molecular weight is 281 g/mol. The summed E-state index contributed by atoms with van der Waals surface area (Å²) < 4.78 is 1.58. The third-order valence-electron chi connectivity index (χ3n) is 3.53. The second kappa shape index (κ2) is 5.28. The number of carboxylic acids is 1. The topological polar surface area (TPSA) is 67.2 Å². The third-order valence-corrected chi connectivity index (χ3v) is 3.53. The largest absolute Gasteiger partial charge is 0.478 e. The van der Waals surface area contributed by atoms with Crippen LogP contribution in [-0.2, 0) is 13.6 Å². The molecule has 2 aromatic carbocycles. The maximum atomic E-state index is 11.2. The van der Waals surface area contributed by atoms with Crippen molar-refractivity contribution in [2.75, 3.05) is 5.32 Å². The molecule has 0 bridgehead atoms. The Labute approximate surface area is 121 Å². The Morgan fingerprint density at radius 2 is 2.00 bits per heavy atom. The number of nitrogens with zero attached hydrogens (tertiary/aromatic N) is 2. The average Bonchev–Trinajstić information content (AvgIpc) is 2.86. The first-order chi connectivity index (χ1) is 10.2. The highest BCUT2D eigenvalue weighted by Crippen LogP contribution is 2.23. The van der Waals surface area contributed by atoms with Crippen molar-refractivity contribution >= 4 is 22.4 Å². The number of benzene rings is 2. The van der Waals surface area contributed by atoms with Gasteiger partial charge in [0.25, 0.3) is 0 Å². The van der Waals surface area contributed by atoms with E-state index in [1.807, 2.05) is 42.5 Å². The lowest BCUT2D eigenvalue weighted by molar-refractivity contribution is 0.0695.